The molecule has 0 amide bonds. The number of rotatable bonds is 4. The number of thiol groups is 1. The van der Waals surface area contributed by atoms with E-state index in [1.165, 1.54) is 4.31 Å². The number of hydrogen-bond acceptors (Lipinski definition) is 5. The van der Waals surface area contributed by atoms with E-state index < -0.39 is 22.2 Å². The molecule has 2 N–H and O–H groups in total. The molecular weight excluding hydrogens is 286 g/mol. The molecular formula is C12H17NO4S2. The van der Waals surface area contributed by atoms with Crippen LogP contribution in [0.4, 0.5) is 5.69 Å². The first kappa shape index (κ1) is 14.6. The minimum absolute atomic E-state index is 0.132. The summed E-state index contributed by atoms with van der Waals surface area (Å²) in [5, 5.41) is 19.5. The summed E-state index contributed by atoms with van der Waals surface area (Å²) in [4.78, 5) is 0. The molecule has 2 rings (SSSR count). The molecule has 5 nitrogen and oxygen atoms in total. The normalized spacial score (nSPS) is 21.3. The van der Waals surface area contributed by atoms with Gasteiger partial charge in [0, 0.05) is 12.3 Å². The molecule has 1 heterocycles. The summed E-state index contributed by atoms with van der Waals surface area (Å²) in [7, 11) is -3.23. The van der Waals surface area contributed by atoms with Crippen LogP contribution >= 0.6 is 12.6 Å². The number of nitrogens with zero attached hydrogens (tertiary/aromatic N) is 1. The Kier molecular flexibility index (Phi) is 4.39. The van der Waals surface area contributed by atoms with Gasteiger partial charge in [0.1, 0.15) is 6.10 Å². The predicted octanol–water partition coefficient (Wildman–Crippen LogP) is 0.551. The van der Waals surface area contributed by atoms with Crippen molar-refractivity contribution in [2.75, 3.05) is 22.4 Å². The van der Waals surface area contributed by atoms with Crippen molar-refractivity contribution in [1.82, 2.24) is 0 Å². The van der Waals surface area contributed by atoms with Crippen molar-refractivity contribution in [3.63, 3.8) is 0 Å². The van der Waals surface area contributed by atoms with Crippen LogP contribution < -0.4 is 4.31 Å². The molecule has 0 spiro atoms. The maximum absolute atomic E-state index is 11.8. The molecule has 106 valence electrons. The number of aliphatic hydroxyl groups is 2. The van der Waals surface area contributed by atoms with E-state index in [0.29, 0.717) is 24.2 Å². The van der Waals surface area contributed by atoms with Crippen molar-refractivity contribution in [3.8, 4) is 0 Å². The van der Waals surface area contributed by atoms with Crippen molar-refractivity contribution in [1.29, 1.82) is 0 Å². The van der Waals surface area contributed by atoms with Crippen LogP contribution in [0.2, 0.25) is 0 Å². The molecule has 1 aromatic carbocycles. The van der Waals surface area contributed by atoms with Gasteiger partial charge in [-0.2, -0.15) is 12.6 Å². The van der Waals surface area contributed by atoms with Crippen molar-refractivity contribution in [3.05, 3.63) is 29.8 Å². The average Bonchev–Trinajstić information content (AvgIpc) is 2.76. The first-order valence-corrected chi connectivity index (χ1v) is 8.27. The molecule has 0 aliphatic carbocycles. The third kappa shape index (κ3) is 3.05. The molecule has 0 radical (unpaired) electrons. The van der Waals surface area contributed by atoms with Crippen LogP contribution in [0.3, 0.4) is 0 Å². The number of benzene rings is 1. The maximum atomic E-state index is 11.8. The molecule has 0 saturated carbocycles. The van der Waals surface area contributed by atoms with Gasteiger partial charge in [0.25, 0.3) is 0 Å². The standard InChI is InChI=1S/C12H17NO4S2/c14-11(8-18)12(15)9-3-1-4-10(7-9)13-5-2-6-19(13,16)17/h1,3-4,7,11-12,14-15,18H,2,5-6,8H2. The number of anilines is 1. The van der Waals surface area contributed by atoms with Crippen LogP contribution in [0.25, 0.3) is 0 Å². The van der Waals surface area contributed by atoms with Crippen LogP contribution in [0, 0.1) is 0 Å². The first-order chi connectivity index (χ1) is 8.95. The lowest BCUT2D eigenvalue weighted by Crippen LogP contribution is -2.25. The Hall–Kier alpha value is -0.760. The van der Waals surface area contributed by atoms with Gasteiger partial charge in [-0.05, 0) is 24.1 Å². The molecule has 19 heavy (non-hydrogen) atoms. The smallest absolute Gasteiger partial charge is 0.235 e. The van der Waals surface area contributed by atoms with Crippen LogP contribution in [-0.2, 0) is 10.0 Å². The van der Waals surface area contributed by atoms with E-state index in [4.69, 9.17) is 0 Å². The molecule has 1 aliphatic rings. The van der Waals surface area contributed by atoms with Crippen molar-refractivity contribution in [2.24, 2.45) is 0 Å². The zero-order valence-corrected chi connectivity index (χ0v) is 12.0. The second-order valence-corrected chi connectivity index (χ2v) is 6.91. The summed E-state index contributed by atoms with van der Waals surface area (Å²) in [6.45, 7) is 0.455. The fraction of sp³-hybridized carbons (Fsp3) is 0.500. The lowest BCUT2D eigenvalue weighted by Gasteiger charge is -2.20. The molecule has 1 saturated heterocycles. The van der Waals surface area contributed by atoms with Crippen LogP contribution in [0.1, 0.15) is 18.1 Å². The largest absolute Gasteiger partial charge is 0.389 e. The second kappa shape index (κ2) is 5.70. The van der Waals surface area contributed by atoms with Gasteiger partial charge in [0.15, 0.2) is 0 Å². The highest BCUT2D eigenvalue weighted by molar-refractivity contribution is 7.93. The lowest BCUT2D eigenvalue weighted by molar-refractivity contribution is 0.0338. The van der Waals surface area contributed by atoms with Gasteiger partial charge in [0.2, 0.25) is 10.0 Å². The van der Waals surface area contributed by atoms with Gasteiger partial charge in [0.05, 0.1) is 17.5 Å². The summed E-state index contributed by atoms with van der Waals surface area (Å²) < 4.78 is 25.0. The van der Waals surface area contributed by atoms with Gasteiger partial charge in [-0.3, -0.25) is 4.31 Å². The van der Waals surface area contributed by atoms with Gasteiger partial charge in [-0.15, -0.1) is 0 Å². The number of hydrogen-bond donors (Lipinski definition) is 3. The summed E-state index contributed by atoms with van der Waals surface area (Å²) in [6.07, 6.45) is -1.44. The Morgan fingerprint density at radius 2 is 2.11 bits per heavy atom. The van der Waals surface area contributed by atoms with Gasteiger partial charge in [-0.1, -0.05) is 12.1 Å². The molecule has 0 bridgehead atoms. The Morgan fingerprint density at radius 1 is 1.37 bits per heavy atom. The fourth-order valence-corrected chi connectivity index (χ4v) is 3.87. The van der Waals surface area contributed by atoms with E-state index in [2.05, 4.69) is 12.6 Å². The van der Waals surface area contributed by atoms with E-state index in [1.807, 2.05) is 0 Å². The van der Waals surface area contributed by atoms with Crippen LogP contribution in [0.5, 0.6) is 0 Å². The molecule has 1 aliphatic heterocycles. The van der Waals surface area contributed by atoms with E-state index in [1.54, 1.807) is 24.3 Å². The molecule has 1 aromatic rings. The van der Waals surface area contributed by atoms with E-state index in [-0.39, 0.29) is 11.5 Å². The van der Waals surface area contributed by atoms with E-state index >= 15 is 0 Å². The van der Waals surface area contributed by atoms with Crippen LogP contribution in [-0.4, -0.2) is 42.8 Å². The highest BCUT2D eigenvalue weighted by Crippen LogP contribution is 2.27. The first-order valence-electron chi connectivity index (χ1n) is 6.03. The molecule has 7 heteroatoms. The monoisotopic (exact) mass is 303 g/mol. The predicted molar refractivity (Wildman–Crippen MR) is 77.0 cm³/mol. The van der Waals surface area contributed by atoms with Gasteiger partial charge >= 0.3 is 0 Å². The fourth-order valence-electron chi connectivity index (χ4n) is 2.12. The summed E-state index contributed by atoms with van der Waals surface area (Å²) >= 11 is 3.93. The zero-order chi connectivity index (χ0) is 14.0. The molecule has 2 unspecified atom stereocenters. The Bertz CT molecular complexity index is 546. The molecule has 0 aromatic heterocycles. The van der Waals surface area contributed by atoms with Crippen LogP contribution in [0.15, 0.2) is 24.3 Å². The molecule has 2 atom stereocenters. The average molecular weight is 303 g/mol. The Balaban J connectivity index is 2.30. The maximum Gasteiger partial charge on any atom is 0.235 e. The van der Waals surface area contributed by atoms with Gasteiger partial charge < -0.3 is 10.2 Å². The van der Waals surface area contributed by atoms with E-state index in [9.17, 15) is 18.6 Å². The van der Waals surface area contributed by atoms with Crippen molar-refractivity contribution in [2.45, 2.75) is 18.6 Å². The van der Waals surface area contributed by atoms with Gasteiger partial charge in [-0.25, -0.2) is 8.42 Å². The minimum Gasteiger partial charge on any atom is -0.389 e. The Labute approximate surface area is 118 Å². The van der Waals surface area contributed by atoms with Crippen molar-refractivity contribution < 1.29 is 18.6 Å². The van der Waals surface area contributed by atoms with Crippen molar-refractivity contribution >= 4 is 28.3 Å². The third-order valence-corrected chi connectivity index (χ3v) is 5.39. The molecule has 1 fully saturated rings. The van der Waals surface area contributed by atoms with E-state index in [0.717, 1.165) is 0 Å². The number of aliphatic hydroxyl groups excluding tert-OH is 2. The number of sulfonamides is 1. The highest BCUT2D eigenvalue weighted by atomic mass is 32.2. The second-order valence-electron chi connectivity index (χ2n) is 4.53. The third-order valence-electron chi connectivity index (χ3n) is 3.15. The Morgan fingerprint density at radius 3 is 2.68 bits per heavy atom. The minimum atomic E-state index is -3.23. The topological polar surface area (TPSA) is 77.8 Å². The summed E-state index contributed by atoms with van der Waals surface area (Å²) in [6, 6.07) is 6.61. The summed E-state index contributed by atoms with van der Waals surface area (Å²) in [5.41, 5.74) is 1.02. The summed E-state index contributed by atoms with van der Waals surface area (Å²) in [5.74, 6) is 0.284. The quantitative estimate of drug-likeness (QED) is 0.710. The highest BCUT2D eigenvalue weighted by Gasteiger charge is 2.29. The lowest BCUT2D eigenvalue weighted by atomic mass is 10.0. The SMILES string of the molecule is O=S1(=O)CCCN1c1cccc(C(O)C(O)CS)c1. The zero-order valence-electron chi connectivity index (χ0n) is 10.3.